The second kappa shape index (κ2) is 5.70. The van der Waals surface area contributed by atoms with E-state index in [1.54, 1.807) is 0 Å². The number of rotatable bonds is 3. The van der Waals surface area contributed by atoms with Gasteiger partial charge in [0.05, 0.1) is 22.8 Å². The van der Waals surface area contributed by atoms with Crippen LogP contribution >= 0.6 is 0 Å². The highest BCUT2D eigenvalue weighted by atomic mass is 19.1. The number of halogens is 2. The smallest absolute Gasteiger partial charge is 0.307 e. The van der Waals surface area contributed by atoms with Crippen molar-refractivity contribution in [3.05, 3.63) is 33.9 Å². The summed E-state index contributed by atoms with van der Waals surface area (Å²) in [6.07, 6.45) is 1.37. The van der Waals surface area contributed by atoms with Crippen molar-refractivity contribution >= 4 is 11.4 Å². The molecule has 1 saturated heterocycles. The van der Waals surface area contributed by atoms with Crippen molar-refractivity contribution in [2.45, 2.75) is 44.9 Å². The minimum absolute atomic E-state index is 0.0229. The molecule has 2 unspecified atom stereocenters. The van der Waals surface area contributed by atoms with E-state index in [-0.39, 0.29) is 23.9 Å². The maximum absolute atomic E-state index is 13.7. The molecule has 0 amide bonds. The number of anilines is 1. The molecule has 1 heterocycles. The van der Waals surface area contributed by atoms with E-state index in [1.807, 2.05) is 13.8 Å². The number of nitrogens with one attached hydrogen (secondary N) is 1. The minimum atomic E-state index is -1.17. The lowest BCUT2D eigenvalue weighted by Crippen LogP contribution is -2.37. The van der Waals surface area contributed by atoms with Gasteiger partial charge in [-0.15, -0.1) is 0 Å². The van der Waals surface area contributed by atoms with Gasteiger partial charge in [0.1, 0.15) is 5.82 Å². The molecule has 1 aliphatic heterocycles. The van der Waals surface area contributed by atoms with Gasteiger partial charge in [-0.2, -0.15) is 4.39 Å². The fourth-order valence-electron chi connectivity index (χ4n) is 2.53. The van der Waals surface area contributed by atoms with Gasteiger partial charge in [0.2, 0.25) is 5.82 Å². The lowest BCUT2D eigenvalue weighted by molar-refractivity contribution is -0.387. The Morgan fingerprint density at radius 2 is 1.85 bits per heavy atom. The van der Waals surface area contributed by atoms with Gasteiger partial charge in [-0.25, -0.2) is 4.39 Å². The maximum atomic E-state index is 13.7. The van der Waals surface area contributed by atoms with Gasteiger partial charge < -0.3 is 10.1 Å². The van der Waals surface area contributed by atoms with Crippen LogP contribution in [0.15, 0.2) is 12.1 Å². The zero-order valence-electron chi connectivity index (χ0n) is 11.2. The first kappa shape index (κ1) is 14.6. The van der Waals surface area contributed by atoms with Gasteiger partial charge >= 0.3 is 5.69 Å². The van der Waals surface area contributed by atoms with Gasteiger partial charge in [0.25, 0.3) is 0 Å². The Morgan fingerprint density at radius 1 is 1.25 bits per heavy atom. The van der Waals surface area contributed by atoms with Crippen molar-refractivity contribution in [2.75, 3.05) is 5.32 Å². The molecule has 0 spiro atoms. The van der Waals surface area contributed by atoms with Crippen molar-refractivity contribution in [1.29, 1.82) is 0 Å². The summed E-state index contributed by atoms with van der Waals surface area (Å²) in [5.41, 5.74) is -0.786. The fraction of sp³-hybridized carbons (Fsp3) is 0.538. The average Bonchev–Trinajstić information content (AvgIpc) is 2.30. The zero-order valence-corrected chi connectivity index (χ0v) is 11.2. The Bertz CT molecular complexity index is 515. The summed E-state index contributed by atoms with van der Waals surface area (Å²) in [4.78, 5) is 9.81. The molecule has 2 atom stereocenters. The van der Waals surface area contributed by atoms with Gasteiger partial charge in [-0.05, 0) is 26.7 Å². The zero-order chi connectivity index (χ0) is 14.9. The van der Waals surface area contributed by atoms with Crippen LogP contribution in [0, 0.1) is 21.7 Å². The standard InChI is InChI=1S/C13H16F2N2O3/c1-7-3-9(4-8(2)20-7)16-12-6-13(17(18)19)11(15)5-10(12)14/h5-9,16H,3-4H2,1-2H3. The summed E-state index contributed by atoms with van der Waals surface area (Å²) in [6.45, 7) is 3.82. The molecule has 0 bridgehead atoms. The van der Waals surface area contributed by atoms with Crippen LogP contribution in [0.25, 0.3) is 0 Å². The SMILES string of the molecule is CC1CC(Nc2cc([N+](=O)[O-])c(F)cc2F)CC(C)O1. The third-order valence-corrected chi connectivity index (χ3v) is 3.29. The molecule has 0 aliphatic carbocycles. The number of nitro groups is 1. The lowest BCUT2D eigenvalue weighted by atomic mass is 9.99. The van der Waals surface area contributed by atoms with Gasteiger partial charge in [-0.3, -0.25) is 10.1 Å². The highest BCUT2D eigenvalue weighted by Crippen LogP contribution is 2.28. The monoisotopic (exact) mass is 286 g/mol. The van der Waals surface area contributed by atoms with Crippen LogP contribution in [0.5, 0.6) is 0 Å². The summed E-state index contributed by atoms with van der Waals surface area (Å²) < 4.78 is 32.5. The first-order chi connectivity index (χ1) is 9.36. The van der Waals surface area contributed by atoms with Crippen LogP contribution in [-0.2, 0) is 4.74 Å². The largest absolute Gasteiger partial charge is 0.380 e. The fourth-order valence-corrected chi connectivity index (χ4v) is 2.53. The third kappa shape index (κ3) is 3.22. The van der Waals surface area contributed by atoms with E-state index in [2.05, 4.69) is 5.32 Å². The Morgan fingerprint density at radius 3 is 2.40 bits per heavy atom. The second-order valence-corrected chi connectivity index (χ2v) is 5.11. The summed E-state index contributed by atoms with van der Waals surface area (Å²) in [5.74, 6) is -2.01. The Labute approximate surface area is 115 Å². The number of hydrogen-bond acceptors (Lipinski definition) is 4. The molecule has 20 heavy (non-hydrogen) atoms. The summed E-state index contributed by atoms with van der Waals surface area (Å²) in [6, 6.07) is 1.37. The minimum Gasteiger partial charge on any atom is -0.380 e. The van der Waals surface area contributed by atoms with Crippen molar-refractivity contribution in [3.8, 4) is 0 Å². The molecular weight excluding hydrogens is 270 g/mol. The van der Waals surface area contributed by atoms with Gasteiger partial charge in [0.15, 0.2) is 0 Å². The molecular formula is C13H16F2N2O3. The summed E-state index contributed by atoms with van der Waals surface area (Å²) in [7, 11) is 0. The molecule has 2 rings (SSSR count). The number of hydrogen-bond donors (Lipinski definition) is 1. The number of ether oxygens (including phenoxy) is 1. The normalized spacial score (nSPS) is 26.3. The quantitative estimate of drug-likeness (QED) is 0.684. The van der Waals surface area contributed by atoms with E-state index in [4.69, 9.17) is 4.74 Å². The second-order valence-electron chi connectivity index (χ2n) is 5.11. The molecule has 1 aliphatic rings. The number of nitrogens with zero attached hydrogens (tertiary/aromatic N) is 1. The van der Waals surface area contributed by atoms with E-state index >= 15 is 0 Å². The van der Waals surface area contributed by atoms with E-state index in [9.17, 15) is 18.9 Å². The molecule has 1 aromatic carbocycles. The highest BCUT2D eigenvalue weighted by Gasteiger charge is 2.26. The summed E-state index contributed by atoms with van der Waals surface area (Å²) >= 11 is 0. The molecule has 0 aromatic heterocycles. The Kier molecular flexibility index (Phi) is 4.17. The maximum Gasteiger partial charge on any atom is 0.307 e. The van der Waals surface area contributed by atoms with Crippen LogP contribution in [-0.4, -0.2) is 23.2 Å². The molecule has 7 heteroatoms. The Hall–Kier alpha value is -1.76. The predicted molar refractivity (Wildman–Crippen MR) is 69.7 cm³/mol. The van der Waals surface area contributed by atoms with Gasteiger partial charge in [-0.1, -0.05) is 0 Å². The van der Waals surface area contributed by atoms with Crippen molar-refractivity contribution < 1.29 is 18.4 Å². The van der Waals surface area contributed by atoms with E-state index < -0.39 is 22.2 Å². The summed E-state index contributed by atoms with van der Waals surface area (Å²) in [5, 5.41) is 13.6. The van der Waals surface area contributed by atoms with E-state index in [1.165, 1.54) is 0 Å². The van der Waals surface area contributed by atoms with Crippen LogP contribution in [0.1, 0.15) is 26.7 Å². The number of nitro benzene ring substituents is 1. The molecule has 0 saturated carbocycles. The van der Waals surface area contributed by atoms with Crippen LogP contribution in [0.4, 0.5) is 20.2 Å². The van der Waals surface area contributed by atoms with Crippen molar-refractivity contribution in [1.82, 2.24) is 0 Å². The topological polar surface area (TPSA) is 64.4 Å². The Balaban J connectivity index is 2.20. The third-order valence-electron chi connectivity index (χ3n) is 3.29. The predicted octanol–water partition coefficient (Wildman–Crippen LogP) is 3.24. The molecule has 110 valence electrons. The molecule has 1 N–H and O–H groups in total. The molecule has 0 radical (unpaired) electrons. The molecule has 5 nitrogen and oxygen atoms in total. The van der Waals surface area contributed by atoms with Crippen molar-refractivity contribution in [3.63, 3.8) is 0 Å². The van der Waals surface area contributed by atoms with E-state index in [0.29, 0.717) is 18.9 Å². The highest BCUT2D eigenvalue weighted by molar-refractivity contribution is 5.53. The van der Waals surface area contributed by atoms with Crippen LogP contribution < -0.4 is 5.32 Å². The van der Waals surface area contributed by atoms with Crippen molar-refractivity contribution in [2.24, 2.45) is 0 Å². The first-order valence-corrected chi connectivity index (χ1v) is 6.42. The van der Waals surface area contributed by atoms with Gasteiger partial charge in [0, 0.05) is 18.2 Å². The molecule has 1 fully saturated rings. The molecule has 1 aromatic rings. The van der Waals surface area contributed by atoms with Crippen LogP contribution in [0.3, 0.4) is 0 Å². The average molecular weight is 286 g/mol. The van der Waals surface area contributed by atoms with Crippen LogP contribution in [0.2, 0.25) is 0 Å². The number of benzene rings is 1. The lowest BCUT2D eigenvalue weighted by Gasteiger charge is -2.33. The first-order valence-electron chi connectivity index (χ1n) is 6.42. The van der Waals surface area contributed by atoms with E-state index in [0.717, 1.165) is 6.07 Å².